The van der Waals surface area contributed by atoms with Crippen molar-refractivity contribution in [2.45, 2.75) is 15.5 Å². The molecule has 0 aliphatic carbocycles. The number of aromatic nitrogens is 1. The van der Waals surface area contributed by atoms with Crippen molar-refractivity contribution in [3.05, 3.63) is 76.4 Å². The van der Waals surface area contributed by atoms with E-state index in [1.54, 1.807) is 12.1 Å². The van der Waals surface area contributed by atoms with Crippen LogP contribution in [-0.4, -0.2) is 13.4 Å². The number of hydrogen-bond donors (Lipinski definition) is 0. The summed E-state index contributed by atoms with van der Waals surface area (Å²) in [6, 6.07) is 8.42. The molecule has 162 valence electrons. The molecule has 0 aliphatic heterocycles. The van der Waals surface area contributed by atoms with E-state index in [9.17, 15) is 27.8 Å². The maximum atomic E-state index is 12.7. The Kier molecular flexibility index (Phi) is 5.19. The van der Waals surface area contributed by atoms with Crippen LogP contribution in [0.15, 0.2) is 73.5 Å². The van der Waals surface area contributed by atoms with Gasteiger partial charge >= 0.3 is 10.2 Å². The first kappa shape index (κ1) is 22.5. The zero-order valence-corrected chi connectivity index (χ0v) is 18.0. The summed E-state index contributed by atoms with van der Waals surface area (Å²) in [5.74, 6) is -0.405. The lowest BCUT2D eigenvalue weighted by molar-refractivity contribution is 0.364. The van der Waals surface area contributed by atoms with Crippen molar-refractivity contribution in [1.82, 2.24) is 4.98 Å². The standard InChI is InChI=1S/C18H13BrF5NO3S2/c19-14-4-6-16(7-5-14)29(26,27)12-15-11-28-18(25-15)10-3-13-1-8-17(9-2-13)30(20,21,22,23)24/h1-11H,12H2. The van der Waals surface area contributed by atoms with E-state index in [1.807, 2.05) is 0 Å². The Morgan fingerprint density at radius 2 is 1.53 bits per heavy atom. The minimum absolute atomic E-state index is 0.00722. The number of hydrogen-bond acceptors (Lipinski definition) is 4. The summed E-state index contributed by atoms with van der Waals surface area (Å²) in [4.78, 5) is 2.12. The van der Waals surface area contributed by atoms with Crippen molar-refractivity contribution in [2.24, 2.45) is 0 Å². The van der Waals surface area contributed by atoms with Crippen molar-refractivity contribution in [1.29, 1.82) is 0 Å². The number of rotatable bonds is 6. The van der Waals surface area contributed by atoms with Gasteiger partial charge in [-0.25, -0.2) is 13.4 Å². The number of sulfone groups is 1. The fraction of sp³-hybridized carbons (Fsp3) is 0.0556. The number of oxazole rings is 1. The summed E-state index contributed by atoms with van der Waals surface area (Å²) in [7, 11) is -13.4. The lowest BCUT2D eigenvalue weighted by atomic mass is 10.2. The molecule has 3 aromatic rings. The van der Waals surface area contributed by atoms with Gasteiger partial charge in [-0.15, -0.1) is 0 Å². The van der Waals surface area contributed by atoms with Crippen molar-refractivity contribution in [3.63, 3.8) is 0 Å². The Bertz CT molecular complexity index is 1200. The smallest absolute Gasteiger partial charge is 0.310 e. The highest BCUT2D eigenvalue weighted by Crippen LogP contribution is 3.02. The van der Waals surface area contributed by atoms with Crippen molar-refractivity contribution >= 4 is 48.1 Å². The van der Waals surface area contributed by atoms with Crippen LogP contribution in [0.1, 0.15) is 17.1 Å². The molecule has 3 rings (SSSR count). The van der Waals surface area contributed by atoms with Crippen LogP contribution in [0.5, 0.6) is 0 Å². The van der Waals surface area contributed by atoms with Crippen LogP contribution < -0.4 is 0 Å². The van der Waals surface area contributed by atoms with Gasteiger partial charge in [0.25, 0.3) is 0 Å². The largest absolute Gasteiger partial charge is 0.445 e. The summed E-state index contributed by atoms with van der Waals surface area (Å²) in [6.45, 7) is 0. The monoisotopic (exact) mass is 529 g/mol. The maximum Gasteiger partial charge on any atom is 0.310 e. The van der Waals surface area contributed by atoms with Gasteiger partial charge in [0, 0.05) is 10.5 Å². The number of benzene rings is 2. The SMILES string of the molecule is O=S(=O)(Cc1coc(C=Cc2ccc(S(F)(F)(F)(F)F)cc2)n1)c1ccc(Br)cc1. The third-order valence-corrected chi connectivity index (χ3v) is 7.18. The highest BCUT2D eigenvalue weighted by atomic mass is 79.9. The molecule has 0 N–H and O–H groups in total. The molecule has 0 atom stereocenters. The van der Waals surface area contributed by atoms with E-state index >= 15 is 0 Å². The summed E-state index contributed by atoms with van der Waals surface area (Å²) >= 11 is 3.22. The molecule has 0 unspecified atom stereocenters. The zero-order chi connectivity index (χ0) is 22.3. The van der Waals surface area contributed by atoms with Gasteiger partial charge < -0.3 is 4.42 Å². The molecule has 0 amide bonds. The fourth-order valence-electron chi connectivity index (χ4n) is 2.39. The topological polar surface area (TPSA) is 60.2 Å². The summed E-state index contributed by atoms with van der Waals surface area (Å²) in [5.41, 5.74) is 0.330. The Morgan fingerprint density at radius 1 is 0.933 bits per heavy atom. The van der Waals surface area contributed by atoms with Gasteiger partial charge in [0.2, 0.25) is 5.89 Å². The van der Waals surface area contributed by atoms with Crippen molar-refractivity contribution in [3.8, 4) is 0 Å². The normalized spacial score (nSPS) is 15.1. The van der Waals surface area contributed by atoms with Gasteiger partial charge in [0.1, 0.15) is 16.9 Å². The molecule has 0 fully saturated rings. The number of nitrogens with zero attached hydrogens (tertiary/aromatic N) is 1. The molecular formula is C18H13BrF5NO3S2. The van der Waals surface area contributed by atoms with Crippen molar-refractivity contribution in [2.75, 3.05) is 0 Å². The van der Waals surface area contributed by atoms with Crippen LogP contribution in [0.2, 0.25) is 0 Å². The van der Waals surface area contributed by atoms with Crippen LogP contribution >= 0.6 is 26.2 Å². The summed E-state index contributed by atoms with van der Waals surface area (Å²) in [6.07, 6.45) is 3.73. The first-order chi connectivity index (χ1) is 13.6. The van der Waals surface area contributed by atoms with E-state index in [0.717, 1.165) is 22.9 Å². The molecule has 1 heterocycles. The van der Waals surface area contributed by atoms with Gasteiger partial charge in [-0.05, 0) is 48.0 Å². The maximum absolute atomic E-state index is 12.7. The van der Waals surface area contributed by atoms with Crippen LogP contribution in [0, 0.1) is 0 Å². The summed E-state index contributed by atoms with van der Waals surface area (Å²) < 4.78 is 94.2. The predicted molar refractivity (Wildman–Crippen MR) is 108 cm³/mol. The van der Waals surface area contributed by atoms with Gasteiger partial charge in [-0.2, -0.15) is 0 Å². The van der Waals surface area contributed by atoms with Crippen LogP contribution in [0.25, 0.3) is 12.2 Å². The highest BCUT2D eigenvalue weighted by Gasteiger charge is 2.65. The summed E-state index contributed by atoms with van der Waals surface area (Å²) in [5, 5.41) is 0. The molecular weight excluding hydrogens is 517 g/mol. The second-order valence-electron chi connectivity index (χ2n) is 6.26. The second-order valence-corrected chi connectivity index (χ2v) is 11.6. The van der Waals surface area contributed by atoms with Gasteiger partial charge in [0.05, 0.1) is 10.6 Å². The quantitative estimate of drug-likeness (QED) is 0.316. The van der Waals surface area contributed by atoms with Gasteiger partial charge in [-0.1, -0.05) is 47.5 Å². The van der Waals surface area contributed by atoms with Crippen LogP contribution in [-0.2, 0) is 15.6 Å². The van der Waals surface area contributed by atoms with Gasteiger partial charge in [0.15, 0.2) is 9.84 Å². The first-order valence-electron chi connectivity index (χ1n) is 8.07. The molecule has 0 saturated carbocycles. The zero-order valence-electron chi connectivity index (χ0n) is 14.8. The van der Waals surface area contributed by atoms with E-state index in [-0.39, 0.29) is 22.0 Å². The fourth-order valence-corrected chi connectivity index (χ4v) is 4.54. The molecule has 0 aliphatic rings. The first-order valence-corrected chi connectivity index (χ1v) is 12.5. The predicted octanol–water partition coefficient (Wildman–Crippen LogP) is 7.24. The molecule has 30 heavy (non-hydrogen) atoms. The number of halogens is 6. The Hall–Kier alpha value is -2.18. The van der Waals surface area contributed by atoms with E-state index in [2.05, 4.69) is 20.9 Å². The van der Waals surface area contributed by atoms with Crippen LogP contribution in [0.3, 0.4) is 0 Å². The van der Waals surface area contributed by atoms with E-state index < -0.39 is 30.7 Å². The minimum atomic E-state index is -9.72. The average molecular weight is 530 g/mol. The highest BCUT2D eigenvalue weighted by molar-refractivity contribution is 9.10. The Labute approximate surface area is 177 Å². The lowest BCUT2D eigenvalue weighted by Crippen LogP contribution is -2.05. The third-order valence-electron chi connectivity index (χ3n) is 3.82. The molecule has 2 aromatic carbocycles. The minimum Gasteiger partial charge on any atom is -0.445 e. The molecule has 0 bridgehead atoms. The van der Waals surface area contributed by atoms with Crippen molar-refractivity contribution < 1.29 is 32.3 Å². The lowest BCUT2D eigenvalue weighted by Gasteiger charge is -2.40. The molecule has 0 radical (unpaired) electrons. The molecule has 0 spiro atoms. The molecule has 1 aromatic heterocycles. The molecule has 4 nitrogen and oxygen atoms in total. The van der Waals surface area contributed by atoms with E-state index in [4.69, 9.17) is 4.42 Å². The third kappa shape index (κ3) is 5.70. The molecule has 0 saturated heterocycles. The second kappa shape index (κ2) is 6.92. The van der Waals surface area contributed by atoms with Crippen LogP contribution in [0.4, 0.5) is 19.4 Å². The van der Waals surface area contributed by atoms with Gasteiger partial charge in [-0.3, -0.25) is 0 Å². The van der Waals surface area contributed by atoms with E-state index in [0.29, 0.717) is 12.1 Å². The molecule has 12 heteroatoms. The van der Waals surface area contributed by atoms with E-state index in [1.165, 1.54) is 24.3 Å². The Morgan fingerprint density at radius 3 is 2.10 bits per heavy atom. The average Bonchev–Trinajstić information content (AvgIpc) is 3.05. The Balaban J connectivity index is 1.73.